The van der Waals surface area contributed by atoms with Crippen molar-refractivity contribution in [1.82, 2.24) is 39.9 Å². The van der Waals surface area contributed by atoms with Gasteiger partial charge in [-0.25, -0.2) is 4.98 Å². The Labute approximate surface area is 321 Å². The maximum absolute atomic E-state index is 5.23. The Kier molecular flexibility index (Phi) is 9.58. The number of H-pyrrole nitrogens is 1. The number of pyridine rings is 6. The zero-order valence-corrected chi connectivity index (χ0v) is 30.6. The smallest absolute Gasteiger partial charge is 0.497 e. The Morgan fingerprint density at radius 2 is 0.796 bits per heavy atom. The van der Waals surface area contributed by atoms with Crippen LogP contribution in [0.5, 0.6) is 5.75 Å². The summed E-state index contributed by atoms with van der Waals surface area (Å²) in [5.74, 6) is 1.64. The van der Waals surface area contributed by atoms with Crippen LogP contribution >= 0.6 is 0 Å². The molecule has 1 N–H and O–H groups in total. The van der Waals surface area contributed by atoms with Gasteiger partial charge in [0.2, 0.25) is 0 Å². The van der Waals surface area contributed by atoms with Gasteiger partial charge in [0.05, 0.1) is 51.2 Å². The standard InChI is InChI=1S/C20H14N4O.2C12H8N2.Ru/c1-25-13-8-6-12(7-9-13)20-23-18-14-4-2-10-21-16(14)17-15(19(18)24-20)5-3-11-22-17;2*1-3-9-5-6-10-4-2-8-14-12(10)11(9)13-7-1;/h2-11H,1H3,(H,23,24);2*1-8H;/q;;;+3. The van der Waals surface area contributed by atoms with Crippen LogP contribution < -0.4 is 4.74 Å². The minimum atomic E-state index is 0. The van der Waals surface area contributed by atoms with Gasteiger partial charge in [-0.1, -0.05) is 48.5 Å². The van der Waals surface area contributed by atoms with E-state index in [2.05, 4.69) is 89.5 Å². The number of ether oxygens (including phenoxy) is 1. The van der Waals surface area contributed by atoms with Gasteiger partial charge >= 0.3 is 19.5 Å². The summed E-state index contributed by atoms with van der Waals surface area (Å²) >= 11 is 0. The number of hydrogen-bond acceptors (Lipinski definition) is 8. The van der Waals surface area contributed by atoms with Crippen LogP contribution in [0.25, 0.3) is 87.8 Å². The topological polar surface area (TPSA) is 115 Å². The van der Waals surface area contributed by atoms with Crippen molar-refractivity contribution < 1.29 is 24.2 Å². The van der Waals surface area contributed by atoms with Gasteiger partial charge in [0.1, 0.15) is 11.6 Å². The predicted octanol–water partition coefficient (Wildman–Crippen LogP) is 9.90. The average molecular weight is 788 g/mol. The van der Waals surface area contributed by atoms with E-state index < -0.39 is 0 Å². The summed E-state index contributed by atoms with van der Waals surface area (Å²) in [4.78, 5) is 34.8. The number of imidazole rings is 1. The molecule has 0 spiro atoms. The fourth-order valence-corrected chi connectivity index (χ4v) is 6.59. The first-order valence-electron chi connectivity index (χ1n) is 17.1. The third-order valence-corrected chi connectivity index (χ3v) is 9.12. The monoisotopic (exact) mass is 788 g/mol. The van der Waals surface area contributed by atoms with Gasteiger partial charge in [-0.2, -0.15) is 0 Å². The van der Waals surface area contributed by atoms with Crippen molar-refractivity contribution in [1.29, 1.82) is 0 Å². The molecule has 0 atom stereocenters. The second-order valence-corrected chi connectivity index (χ2v) is 12.3. The minimum absolute atomic E-state index is 0. The Bertz CT molecular complexity index is 2780. The number of benzene rings is 4. The number of rotatable bonds is 2. The summed E-state index contributed by atoms with van der Waals surface area (Å²) in [5.41, 5.74) is 8.57. The van der Waals surface area contributed by atoms with Crippen LogP contribution in [0.2, 0.25) is 0 Å². The third kappa shape index (κ3) is 6.44. The van der Waals surface area contributed by atoms with E-state index >= 15 is 0 Å². The van der Waals surface area contributed by atoms with Gasteiger partial charge in [-0.3, -0.25) is 29.9 Å². The van der Waals surface area contributed by atoms with E-state index in [9.17, 15) is 0 Å². The van der Waals surface area contributed by atoms with E-state index in [1.165, 1.54) is 0 Å². The number of fused-ring (bicyclic) bond motifs is 12. The molecule has 0 amide bonds. The maximum Gasteiger partial charge on any atom is 3.00 e. The van der Waals surface area contributed by atoms with E-state index in [4.69, 9.17) is 9.72 Å². The molecule has 1 radical (unpaired) electrons. The van der Waals surface area contributed by atoms with Crippen LogP contribution in [0.15, 0.2) is 159 Å². The summed E-state index contributed by atoms with van der Waals surface area (Å²) in [7, 11) is 1.66. The van der Waals surface area contributed by atoms with Gasteiger partial charge in [-0.05, 0) is 72.8 Å². The summed E-state index contributed by atoms with van der Waals surface area (Å²) in [6.07, 6.45) is 10.8. The van der Waals surface area contributed by atoms with Crippen LogP contribution in [0.4, 0.5) is 0 Å². The van der Waals surface area contributed by atoms with Gasteiger partial charge in [0.15, 0.2) is 0 Å². The van der Waals surface area contributed by atoms with E-state index in [0.717, 1.165) is 93.6 Å². The first kappa shape index (κ1) is 34.3. The van der Waals surface area contributed by atoms with Crippen LogP contribution in [0, 0.1) is 0 Å². The number of methoxy groups -OCH3 is 1. The normalized spacial score (nSPS) is 10.9. The van der Waals surface area contributed by atoms with E-state index in [1.54, 1.807) is 44.3 Å². The minimum Gasteiger partial charge on any atom is -0.497 e. The Balaban J connectivity index is 0.000000122. The van der Waals surface area contributed by atoms with Crippen LogP contribution in [0.1, 0.15) is 0 Å². The molecule has 257 valence electrons. The molecule has 7 aromatic heterocycles. The molecule has 11 aromatic rings. The van der Waals surface area contributed by atoms with Crippen molar-refractivity contribution in [2.75, 3.05) is 7.11 Å². The quantitative estimate of drug-likeness (QED) is 0.136. The van der Waals surface area contributed by atoms with Gasteiger partial charge < -0.3 is 9.72 Å². The fourth-order valence-electron chi connectivity index (χ4n) is 6.59. The molecule has 0 aliphatic heterocycles. The first-order chi connectivity index (χ1) is 26.2. The van der Waals surface area contributed by atoms with E-state index in [1.807, 2.05) is 66.7 Å². The van der Waals surface area contributed by atoms with Crippen LogP contribution in [-0.2, 0) is 19.5 Å². The largest absolute Gasteiger partial charge is 3.00 e. The molecule has 0 saturated carbocycles. The van der Waals surface area contributed by atoms with Crippen molar-refractivity contribution >= 4 is 76.5 Å². The molecule has 0 bridgehead atoms. The molecule has 11 rings (SSSR count). The molecule has 0 fully saturated rings. The molecule has 54 heavy (non-hydrogen) atoms. The van der Waals surface area contributed by atoms with Crippen molar-refractivity contribution in [3.8, 4) is 17.1 Å². The van der Waals surface area contributed by atoms with Crippen LogP contribution in [0.3, 0.4) is 0 Å². The molecule has 0 aliphatic rings. The molecule has 4 aromatic carbocycles. The predicted molar refractivity (Wildman–Crippen MR) is 213 cm³/mol. The summed E-state index contributed by atoms with van der Waals surface area (Å²) in [6, 6.07) is 40.1. The van der Waals surface area contributed by atoms with Crippen molar-refractivity contribution in [2.45, 2.75) is 0 Å². The second kappa shape index (κ2) is 15.1. The Morgan fingerprint density at radius 3 is 1.24 bits per heavy atom. The molecule has 9 nitrogen and oxygen atoms in total. The zero-order chi connectivity index (χ0) is 35.6. The van der Waals surface area contributed by atoms with Crippen molar-refractivity contribution in [3.63, 3.8) is 0 Å². The SMILES string of the molecule is COc1ccc(-c2nc3c4cccnc4c4ncccc4c3[nH]2)cc1.[Ru+3].c1cnc2c(c1)ccc1cccnc12.c1cnc2c(c1)ccc1cccnc12. The molecule has 10 heteroatoms. The van der Waals surface area contributed by atoms with Crippen LogP contribution in [-0.4, -0.2) is 47.0 Å². The summed E-state index contributed by atoms with van der Waals surface area (Å²) in [5, 5.41) is 6.57. The average Bonchev–Trinajstić information content (AvgIpc) is 3.71. The fraction of sp³-hybridized carbons (Fsp3) is 0.0227. The Hall–Kier alpha value is -6.77. The van der Waals surface area contributed by atoms with E-state index in [-0.39, 0.29) is 19.5 Å². The van der Waals surface area contributed by atoms with E-state index in [0.29, 0.717) is 0 Å². The van der Waals surface area contributed by atoms with Crippen molar-refractivity contribution in [3.05, 3.63) is 159 Å². The molecular weight excluding hydrogens is 758 g/mol. The molecule has 0 unspecified atom stereocenters. The third-order valence-electron chi connectivity index (χ3n) is 9.12. The van der Waals surface area contributed by atoms with Crippen molar-refractivity contribution in [2.24, 2.45) is 0 Å². The zero-order valence-electron chi connectivity index (χ0n) is 28.9. The summed E-state index contributed by atoms with van der Waals surface area (Å²) in [6.45, 7) is 0. The maximum atomic E-state index is 5.23. The van der Waals surface area contributed by atoms with Gasteiger partial charge in [-0.15, -0.1) is 0 Å². The molecular formula is C44H30N8ORu+3. The first-order valence-corrected chi connectivity index (χ1v) is 17.1. The number of hydrogen-bond donors (Lipinski definition) is 1. The molecule has 0 aliphatic carbocycles. The summed E-state index contributed by atoms with van der Waals surface area (Å²) < 4.78 is 5.23. The Morgan fingerprint density at radius 1 is 0.407 bits per heavy atom. The number of aromatic nitrogens is 8. The number of nitrogens with zero attached hydrogens (tertiary/aromatic N) is 7. The molecule has 7 heterocycles. The number of nitrogens with one attached hydrogen (secondary N) is 1. The van der Waals surface area contributed by atoms with Gasteiger partial charge in [0, 0.05) is 75.1 Å². The number of aromatic amines is 1. The second-order valence-electron chi connectivity index (χ2n) is 12.3. The van der Waals surface area contributed by atoms with Gasteiger partial charge in [0.25, 0.3) is 0 Å². The molecule has 0 saturated heterocycles.